The summed E-state index contributed by atoms with van der Waals surface area (Å²) in [7, 11) is 0. The summed E-state index contributed by atoms with van der Waals surface area (Å²) in [5.41, 5.74) is -0.297. The number of carbonyl (C=O) groups excluding carboxylic acids is 1. The van der Waals surface area contributed by atoms with Crippen LogP contribution in [0.4, 0.5) is 0 Å². The van der Waals surface area contributed by atoms with Crippen LogP contribution in [0.3, 0.4) is 0 Å². The van der Waals surface area contributed by atoms with Crippen molar-refractivity contribution in [2.45, 2.75) is 25.3 Å². The van der Waals surface area contributed by atoms with Crippen molar-refractivity contribution >= 4 is 5.91 Å². The van der Waals surface area contributed by atoms with Gasteiger partial charge in [-0.2, -0.15) is 5.26 Å². The van der Waals surface area contributed by atoms with E-state index in [1.165, 1.54) is 0 Å². The summed E-state index contributed by atoms with van der Waals surface area (Å²) >= 11 is 0. The Kier molecular flexibility index (Phi) is 3.65. The van der Waals surface area contributed by atoms with Gasteiger partial charge in [-0.05, 0) is 25.9 Å². The summed E-state index contributed by atoms with van der Waals surface area (Å²) in [6.45, 7) is 6.61. The van der Waals surface area contributed by atoms with Gasteiger partial charge in [0.15, 0.2) is 0 Å². The van der Waals surface area contributed by atoms with Crippen molar-refractivity contribution < 1.29 is 4.79 Å². The van der Waals surface area contributed by atoms with Crippen LogP contribution in [0.1, 0.15) is 19.8 Å². The van der Waals surface area contributed by atoms with Crippen LogP contribution in [0.15, 0.2) is 0 Å². The molecule has 0 bridgehead atoms. The molecular weight excluding hydrogens is 216 g/mol. The minimum atomic E-state index is -0.297. The van der Waals surface area contributed by atoms with E-state index in [0.717, 1.165) is 52.1 Å². The summed E-state index contributed by atoms with van der Waals surface area (Å²) < 4.78 is 0. The Balaban J connectivity index is 1.99. The van der Waals surface area contributed by atoms with Gasteiger partial charge in [0.05, 0.1) is 6.07 Å². The number of nitrogens with one attached hydrogen (secondary N) is 1. The SMILES string of the molecule is CC(=O)N1CCN(C2(C#N)CCNCC2)CC1. The summed E-state index contributed by atoms with van der Waals surface area (Å²) in [5, 5.41) is 12.8. The lowest BCUT2D eigenvalue weighted by Gasteiger charge is -2.45. The predicted molar refractivity (Wildman–Crippen MR) is 64.3 cm³/mol. The highest BCUT2D eigenvalue weighted by Crippen LogP contribution is 2.26. The Morgan fingerprint density at radius 3 is 2.29 bits per heavy atom. The molecule has 0 aliphatic carbocycles. The molecule has 0 radical (unpaired) electrons. The Morgan fingerprint density at radius 1 is 1.24 bits per heavy atom. The Morgan fingerprint density at radius 2 is 1.82 bits per heavy atom. The Hall–Kier alpha value is -1.12. The molecule has 5 heteroatoms. The van der Waals surface area contributed by atoms with Crippen molar-refractivity contribution in [3.8, 4) is 6.07 Å². The lowest BCUT2D eigenvalue weighted by atomic mass is 9.87. The quantitative estimate of drug-likeness (QED) is 0.685. The highest BCUT2D eigenvalue weighted by molar-refractivity contribution is 5.73. The number of amides is 1. The maximum atomic E-state index is 11.3. The van der Waals surface area contributed by atoms with E-state index in [-0.39, 0.29) is 11.4 Å². The van der Waals surface area contributed by atoms with Gasteiger partial charge in [0.1, 0.15) is 5.54 Å². The first-order valence-electron chi connectivity index (χ1n) is 6.30. The zero-order valence-corrected chi connectivity index (χ0v) is 10.4. The van der Waals surface area contributed by atoms with Crippen molar-refractivity contribution in [1.29, 1.82) is 5.26 Å². The first-order valence-corrected chi connectivity index (χ1v) is 6.30. The molecule has 0 atom stereocenters. The van der Waals surface area contributed by atoms with Crippen molar-refractivity contribution in [2.75, 3.05) is 39.3 Å². The molecule has 1 N–H and O–H groups in total. The molecule has 17 heavy (non-hydrogen) atoms. The molecule has 0 saturated carbocycles. The fourth-order valence-corrected chi connectivity index (χ4v) is 2.79. The second-order valence-corrected chi connectivity index (χ2v) is 4.89. The number of rotatable bonds is 1. The molecule has 0 aromatic heterocycles. The second-order valence-electron chi connectivity index (χ2n) is 4.89. The average molecular weight is 236 g/mol. The predicted octanol–water partition coefficient (Wildman–Crippen LogP) is -0.204. The van der Waals surface area contributed by atoms with Crippen molar-refractivity contribution in [3.05, 3.63) is 0 Å². The van der Waals surface area contributed by atoms with Gasteiger partial charge in [-0.25, -0.2) is 0 Å². The summed E-state index contributed by atoms with van der Waals surface area (Å²) in [5.74, 6) is 0.140. The van der Waals surface area contributed by atoms with Gasteiger partial charge in [0.25, 0.3) is 0 Å². The first kappa shape index (κ1) is 12.3. The number of hydrogen-bond acceptors (Lipinski definition) is 4. The Labute approximate surface area is 102 Å². The van der Waals surface area contributed by atoms with Crippen molar-refractivity contribution in [3.63, 3.8) is 0 Å². The van der Waals surface area contributed by atoms with Gasteiger partial charge in [-0.3, -0.25) is 9.69 Å². The fourth-order valence-electron chi connectivity index (χ4n) is 2.79. The third kappa shape index (κ3) is 2.43. The molecular formula is C12H20N4O. The highest BCUT2D eigenvalue weighted by Gasteiger charge is 2.39. The van der Waals surface area contributed by atoms with Crippen LogP contribution in [-0.2, 0) is 4.79 Å². The van der Waals surface area contributed by atoms with Crippen LogP contribution < -0.4 is 5.32 Å². The largest absolute Gasteiger partial charge is 0.340 e. The zero-order chi connectivity index (χ0) is 12.3. The molecule has 2 aliphatic heterocycles. The monoisotopic (exact) mass is 236 g/mol. The summed E-state index contributed by atoms with van der Waals surface area (Å²) in [6.07, 6.45) is 1.78. The lowest BCUT2D eigenvalue weighted by molar-refractivity contribution is -0.131. The normalized spacial score (nSPS) is 25.3. The molecule has 2 fully saturated rings. The van der Waals surface area contributed by atoms with Crippen LogP contribution >= 0.6 is 0 Å². The molecule has 5 nitrogen and oxygen atoms in total. The molecule has 2 heterocycles. The molecule has 0 unspecified atom stereocenters. The van der Waals surface area contributed by atoms with E-state index < -0.39 is 0 Å². The topological polar surface area (TPSA) is 59.4 Å². The van der Waals surface area contributed by atoms with Crippen LogP contribution in [0.25, 0.3) is 0 Å². The van der Waals surface area contributed by atoms with Gasteiger partial charge in [0, 0.05) is 33.1 Å². The Bertz CT molecular complexity index is 322. The van der Waals surface area contributed by atoms with E-state index in [1.54, 1.807) is 6.92 Å². The minimum absolute atomic E-state index is 0.140. The molecule has 0 spiro atoms. The van der Waals surface area contributed by atoms with Gasteiger partial charge in [0.2, 0.25) is 5.91 Å². The smallest absolute Gasteiger partial charge is 0.219 e. The molecule has 1 amide bonds. The number of piperidine rings is 1. The number of hydrogen-bond donors (Lipinski definition) is 1. The highest BCUT2D eigenvalue weighted by atomic mass is 16.2. The van der Waals surface area contributed by atoms with E-state index in [1.807, 2.05) is 4.90 Å². The van der Waals surface area contributed by atoms with E-state index in [9.17, 15) is 10.1 Å². The standard InChI is InChI=1S/C12H20N4O/c1-11(17)15-6-8-16(9-7-15)12(10-13)2-4-14-5-3-12/h14H,2-9H2,1H3. The number of carbonyl (C=O) groups is 1. The van der Waals surface area contributed by atoms with Gasteiger partial charge >= 0.3 is 0 Å². The van der Waals surface area contributed by atoms with E-state index >= 15 is 0 Å². The first-order chi connectivity index (χ1) is 8.18. The van der Waals surface area contributed by atoms with E-state index in [4.69, 9.17) is 0 Å². The van der Waals surface area contributed by atoms with E-state index in [2.05, 4.69) is 16.3 Å². The van der Waals surface area contributed by atoms with Crippen LogP contribution in [0.2, 0.25) is 0 Å². The van der Waals surface area contributed by atoms with Gasteiger partial charge < -0.3 is 10.2 Å². The maximum absolute atomic E-state index is 11.3. The molecule has 2 rings (SSSR count). The van der Waals surface area contributed by atoms with Crippen molar-refractivity contribution in [2.24, 2.45) is 0 Å². The fraction of sp³-hybridized carbons (Fsp3) is 0.833. The third-order valence-electron chi connectivity index (χ3n) is 3.97. The maximum Gasteiger partial charge on any atom is 0.219 e. The van der Waals surface area contributed by atoms with Crippen LogP contribution in [0, 0.1) is 11.3 Å². The molecule has 0 aromatic rings. The van der Waals surface area contributed by atoms with Crippen molar-refractivity contribution in [1.82, 2.24) is 15.1 Å². The lowest BCUT2D eigenvalue weighted by Crippen LogP contribution is -2.60. The third-order valence-corrected chi connectivity index (χ3v) is 3.97. The van der Waals surface area contributed by atoms with Crippen LogP contribution in [-0.4, -0.2) is 60.5 Å². The summed E-state index contributed by atoms with van der Waals surface area (Å²) in [4.78, 5) is 15.4. The number of nitrogens with zero attached hydrogens (tertiary/aromatic N) is 3. The van der Waals surface area contributed by atoms with Gasteiger partial charge in [-0.15, -0.1) is 0 Å². The van der Waals surface area contributed by atoms with Gasteiger partial charge in [-0.1, -0.05) is 0 Å². The minimum Gasteiger partial charge on any atom is -0.340 e. The summed E-state index contributed by atoms with van der Waals surface area (Å²) in [6, 6.07) is 2.51. The molecule has 2 aliphatic rings. The van der Waals surface area contributed by atoms with E-state index in [0.29, 0.717) is 0 Å². The van der Waals surface area contributed by atoms with Crippen LogP contribution in [0.5, 0.6) is 0 Å². The number of piperazine rings is 1. The second kappa shape index (κ2) is 5.03. The average Bonchev–Trinajstić information content (AvgIpc) is 2.39. The molecule has 94 valence electrons. The molecule has 2 saturated heterocycles. The number of nitriles is 1. The zero-order valence-electron chi connectivity index (χ0n) is 10.4. The molecule has 0 aromatic carbocycles.